The summed E-state index contributed by atoms with van der Waals surface area (Å²) in [6.45, 7) is 4.11. The number of aromatic hydroxyl groups is 2. The van der Waals surface area contributed by atoms with Crippen LogP contribution in [0.2, 0.25) is 0 Å². The number of ketones is 1. The van der Waals surface area contributed by atoms with E-state index in [1.807, 2.05) is 0 Å². The molecule has 0 spiro atoms. The van der Waals surface area contributed by atoms with E-state index in [2.05, 4.69) is 0 Å². The lowest BCUT2D eigenvalue weighted by Gasteiger charge is -2.16. The van der Waals surface area contributed by atoms with Crippen molar-refractivity contribution in [3.63, 3.8) is 0 Å². The molecule has 1 aromatic rings. The van der Waals surface area contributed by atoms with Gasteiger partial charge in [0.25, 0.3) is 0 Å². The van der Waals surface area contributed by atoms with Crippen LogP contribution in [0.15, 0.2) is 18.2 Å². The Hall–Kier alpha value is -1.40. The van der Waals surface area contributed by atoms with E-state index in [9.17, 15) is 19.6 Å². The zero-order valence-electron chi connectivity index (χ0n) is 14.1. The van der Waals surface area contributed by atoms with Crippen molar-refractivity contribution in [3.8, 4) is 11.5 Å². The molecule has 0 radical (unpaired) electrons. The summed E-state index contributed by atoms with van der Waals surface area (Å²) in [7, 11) is -3.47. The summed E-state index contributed by atoms with van der Waals surface area (Å²) in [5, 5.41) is 18.8. The summed E-state index contributed by atoms with van der Waals surface area (Å²) in [5.41, 5.74) is 0.196. The van der Waals surface area contributed by atoms with Gasteiger partial charge in [-0.25, -0.2) is 4.57 Å². The van der Waals surface area contributed by atoms with Gasteiger partial charge in [-0.05, 0) is 38.8 Å². The second kappa shape index (κ2) is 10.5. The van der Waals surface area contributed by atoms with E-state index < -0.39 is 7.82 Å². The van der Waals surface area contributed by atoms with Crippen molar-refractivity contribution in [1.29, 1.82) is 0 Å². The maximum absolute atomic E-state index is 12.0. The van der Waals surface area contributed by atoms with Gasteiger partial charge in [0.1, 0.15) is 11.5 Å². The summed E-state index contributed by atoms with van der Waals surface area (Å²) >= 11 is 0. The SMILES string of the molecule is CCOP(=O)(OCC)OCCCCCC(=O)c1ccc(O)cc1O. The number of carbonyl (C=O) groups excluding carboxylic acids is 1. The lowest BCUT2D eigenvalue weighted by molar-refractivity contribution is 0.0971. The number of phosphoric ester groups is 1. The third-order valence-electron chi connectivity index (χ3n) is 3.15. The predicted octanol–water partition coefficient (Wildman–Crippen LogP) is 4.04. The third-order valence-corrected chi connectivity index (χ3v) is 4.80. The fourth-order valence-corrected chi connectivity index (χ4v) is 3.27. The van der Waals surface area contributed by atoms with E-state index in [0.29, 0.717) is 19.3 Å². The van der Waals surface area contributed by atoms with Gasteiger partial charge < -0.3 is 10.2 Å². The summed E-state index contributed by atoms with van der Waals surface area (Å²) in [4.78, 5) is 12.0. The lowest BCUT2D eigenvalue weighted by atomic mass is 10.0. The molecule has 2 N–H and O–H groups in total. The van der Waals surface area contributed by atoms with Gasteiger partial charge in [-0.3, -0.25) is 18.4 Å². The number of phenols is 2. The quantitative estimate of drug-likeness (QED) is 0.329. The Morgan fingerprint density at radius 2 is 1.71 bits per heavy atom. The summed E-state index contributed by atoms with van der Waals surface area (Å²) in [6.07, 6.45) is 2.19. The molecule has 0 bridgehead atoms. The minimum absolute atomic E-state index is 0.0887. The second-order valence-corrected chi connectivity index (χ2v) is 6.72. The maximum Gasteiger partial charge on any atom is 0.474 e. The molecule has 8 heteroatoms. The molecule has 0 fully saturated rings. The highest BCUT2D eigenvalue weighted by Gasteiger charge is 2.24. The number of phenolic OH excluding ortho intramolecular Hbond substituents is 2. The average Bonchev–Trinajstić information content (AvgIpc) is 2.51. The van der Waals surface area contributed by atoms with Gasteiger partial charge in [-0.15, -0.1) is 0 Å². The normalized spacial score (nSPS) is 11.6. The molecule has 7 nitrogen and oxygen atoms in total. The van der Waals surface area contributed by atoms with Crippen LogP contribution in [-0.2, 0) is 18.1 Å². The molecule has 0 saturated heterocycles. The molecule has 24 heavy (non-hydrogen) atoms. The third kappa shape index (κ3) is 7.01. The van der Waals surface area contributed by atoms with E-state index in [1.165, 1.54) is 12.1 Å². The fraction of sp³-hybridized carbons (Fsp3) is 0.562. The highest BCUT2D eigenvalue weighted by molar-refractivity contribution is 7.48. The number of unbranched alkanes of at least 4 members (excludes halogenated alkanes) is 2. The van der Waals surface area contributed by atoms with E-state index in [4.69, 9.17) is 13.6 Å². The van der Waals surface area contributed by atoms with Gasteiger partial charge in [0.05, 0.1) is 25.4 Å². The largest absolute Gasteiger partial charge is 0.508 e. The minimum Gasteiger partial charge on any atom is -0.508 e. The number of benzene rings is 1. The smallest absolute Gasteiger partial charge is 0.474 e. The molecule has 0 heterocycles. The number of hydrogen-bond acceptors (Lipinski definition) is 7. The average molecular weight is 360 g/mol. The van der Waals surface area contributed by atoms with Gasteiger partial charge in [0.2, 0.25) is 0 Å². The van der Waals surface area contributed by atoms with Crippen LogP contribution < -0.4 is 0 Å². The molecule has 0 aromatic heterocycles. The van der Waals surface area contributed by atoms with Crippen LogP contribution in [0, 0.1) is 0 Å². The minimum atomic E-state index is -3.47. The van der Waals surface area contributed by atoms with Crippen molar-refractivity contribution < 1.29 is 33.1 Å². The molecule has 0 unspecified atom stereocenters. The van der Waals surface area contributed by atoms with Crippen molar-refractivity contribution in [2.75, 3.05) is 19.8 Å². The molecule has 0 aliphatic carbocycles. The van der Waals surface area contributed by atoms with E-state index in [-0.39, 0.29) is 49.1 Å². The number of hydrogen-bond donors (Lipinski definition) is 2. The molecular formula is C16H25O7P. The number of carbonyl (C=O) groups is 1. The number of phosphoric acid groups is 1. The molecule has 0 amide bonds. The van der Waals surface area contributed by atoms with Crippen LogP contribution in [-0.4, -0.2) is 35.8 Å². The van der Waals surface area contributed by atoms with Crippen LogP contribution in [0.25, 0.3) is 0 Å². The topological polar surface area (TPSA) is 102 Å². The molecule has 0 aliphatic rings. The zero-order chi connectivity index (χ0) is 18.0. The highest BCUT2D eigenvalue weighted by atomic mass is 31.2. The fourth-order valence-electron chi connectivity index (χ4n) is 2.06. The van der Waals surface area contributed by atoms with Gasteiger partial charge in [-0.2, -0.15) is 0 Å². The van der Waals surface area contributed by atoms with Gasteiger partial charge in [-0.1, -0.05) is 6.42 Å². The molecule has 1 rings (SSSR count). The number of rotatable bonds is 12. The van der Waals surface area contributed by atoms with Gasteiger partial charge in [0.15, 0.2) is 5.78 Å². The molecular weight excluding hydrogens is 335 g/mol. The second-order valence-electron chi connectivity index (χ2n) is 5.05. The Morgan fingerprint density at radius 3 is 2.29 bits per heavy atom. The van der Waals surface area contributed by atoms with Gasteiger partial charge >= 0.3 is 7.82 Å². The molecule has 0 atom stereocenters. The Bertz CT molecular complexity index is 564. The van der Waals surface area contributed by atoms with Crippen LogP contribution >= 0.6 is 7.82 Å². The molecule has 1 aromatic carbocycles. The van der Waals surface area contributed by atoms with Crippen LogP contribution in [0.4, 0.5) is 0 Å². The predicted molar refractivity (Wildman–Crippen MR) is 89.4 cm³/mol. The Morgan fingerprint density at radius 1 is 1.04 bits per heavy atom. The van der Waals surface area contributed by atoms with E-state index >= 15 is 0 Å². The van der Waals surface area contributed by atoms with Crippen LogP contribution in [0.5, 0.6) is 11.5 Å². The van der Waals surface area contributed by atoms with E-state index in [0.717, 1.165) is 6.07 Å². The molecule has 0 saturated carbocycles. The van der Waals surface area contributed by atoms with Crippen LogP contribution in [0.1, 0.15) is 49.9 Å². The maximum atomic E-state index is 12.0. The lowest BCUT2D eigenvalue weighted by Crippen LogP contribution is -2.02. The summed E-state index contributed by atoms with van der Waals surface area (Å²) in [6, 6.07) is 3.90. The summed E-state index contributed by atoms with van der Waals surface area (Å²) in [5.74, 6) is -0.505. The first-order valence-electron chi connectivity index (χ1n) is 8.00. The van der Waals surface area contributed by atoms with Crippen molar-refractivity contribution in [3.05, 3.63) is 23.8 Å². The molecule has 0 aliphatic heterocycles. The number of Topliss-reactive ketones (excluding diaryl/α,β-unsaturated/α-hetero) is 1. The van der Waals surface area contributed by atoms with Crippen LogP contribution in [0.3, 0.4) is 0 Å². The first kappa shape index (κ1) is 20.6. The van der Waals surface area contributed by atoms with E-state index in [1.54, 1.807) is 13.8 Å². The molecule has 136 valence electrons. The van der Waals surface area contributed by atoms with Crippen molar-refractivity contribution in [1.82, 2.24) is 0 Å². The first-order valence-corrected chi connectivity index (χ1v) is 9.46. The standard InChI is InChI=1S/C16H25O7P/c1-3-21-24(20,22-4-2)23-11-7-5-6-8-15(18)14-10-9-13(17)12-16(14)19/h9-10,12,17,19H,3-8,11H2,1-2H3. The first-order chi connectivity index (χ1) is 11.4. The van der Waals surface area contributed by atoms with Crippen molar-refractivity contribution >= 4 is 13.6 Å². The highest BCUT2D eigenvalue weighted by Crippen LogP contribution is 2.49. The van der Waals surface area contributed by atoms with Crippen molar-refractivity contribution in [2.45, 2.75) is 39.5 Å². The Labute approximate surface area is 142 Å². The Kier molecular flexibility index (Phi) is 9.00. The summed E-state index contributed by atoms with van der Waals surface area (Å²) < 4.78 is 27.2. The zero-order valence-corrected chi connectivity index (χ0v) is 15.0. The van der Waals surface area contributed by atoms with Gasteiger partial charge in [0, 0.05) is 12.5 Å². The van der Waals surface area contributed by atoms with Crippen molar-refractivity contribution in [2.24, 2.45) is 0 Å². The monoisotopic (exact) mass is 360 g/mol. The Balaban J connectivity index is 2.28.